The van der Waals surface area contributed by atoms with Gasteiger partial charge in [0.1, 0.15) is 5.75 Å². The number of rotatable bonds is 8. The van der Waals surface area contributed by atoms with Gasteiger partial charge in [-0.15, -0.1) is 0 Å². The fourth-order valence-corrected chi connectivity index (χ4v) is 2.33. The van der Waals surface area contributed by atoms with Crippen LogP contribution in [0.2, 0.25) is 10.0 Å². The topological polar surface area (TPSA) is 33.3 Å². The van der Waals surface area contributed by atoms with Crippen molar-refractivity contribution >= 4 is 34.6 Å². The van der Waals surface area contributed by atoms with Gasteiger partial charge in [-0.25, -0.2) is 0 Å². The van der Waals surface area contributed by atoms with Gasteiger partial charge in [0, 0.05) is 23.8 Å². The minimum absolute atomic E-state index is 0.525. The molecule has 124 valence electrons. The van der Waals surface area contributed by atoms with Crippen LogP contribution in [0, 0.1) is 5.92 Å². The Morgan fingerprint density at radius 3 is 2.35 bits per heavy atom. The van der Waals surface area contributed by atoms with Gasteiger partial charge in [0.25, 0.3) is 0 Å². The normalized spacial score (nSPS) is 10.7. The van der Waals surface area contributed by atoms with Crippen molar-refractivity contribution in [3.8, 4) is 5.75 Å². The summed E-state index contributed by atoms with van der Waals surface area (Å²) in [5.74, 6) is 1.42. The van der Waals surface area contributed by atoms with E-state index in [1.807, 2.05) is 30.3 Å². The molecule has 0 radical (unpaired) electrons. The fraction of sp³-hybridized carbons (Fsp3) is 0.333. The number of nitrogens with one attached hydrogen (secondary N) is 2. The van der Waals surface area contributed by atoms with Crippen molar-refractivity contribution in [3.05, 3.63) is 52.5 Å². The summed E-state index contributed by atoms with van der Waals surface area (Å²) < 4.78 is 5.66. The molecule has 0 atom stereocenters. The predicted molar refractivity (Wildman–Crippen MR) is 100 cm³/mol. The molecule has 0 aliphatic rings. The van der Waals surface area contributed by atoms with E-state index in [9.17, 15) is 0 Å². The summed E-state index contributed by atoms with van der Waals surface area (Å²) in [5.41, 5.74) is 1.90. The molecule has 0 unspecified atom stereocenters. The molecule has 0 bridgehead atoms. The lowest BCUT2D eigenvalue weighted by atomic mass is 10.2. The monoisotopic (exact) mass is 352 g/mol. The minimum Gasteiger partial charge on any atom is -0.493 e. The second-order valence-electron chi connectivity index (χ2n) is 5.71. The highest BCUT2D eigenvalue weighted by atomic mass is 35.5. The molecule has 0 amide bonds. The number of hydrogen-bond donors (Lipinski definition) is 2. The van der Waals surface area contributed by atoms with E-state index in [1.165, 1.54) is 0 Å². The minimum atomic E-state index is 0.525. The summed E-state index contributed by atoms with van der Waals surface area (Å²) in [6.07, 6.45) is 0. The third-order valence-electron chi connectivity index (χ3n) is 3.14. The molecular weight excluding hydrogens is 331 g/mol. The smallest absolute Gasteiger partial charge is 0.119 e. The Kier molecular flexibility index (Phi) is 6.87. The van der Waals surface area contributed by atoms with E-state index < -0.39 is 0 Å². The first-order valence-corrected chi connectivity index (χ1v) is 8.46. The van der Waals surface area contributed by atoms with E-state index in [1.54, 1.807) is 12.1 Å². The van der Waals surface area contributed by atoms with Crippen LogP contribution < -0.4 is 15.4 Å². The predicted octanol–water partition coefficient (Wildman–Crippen LogP) is 5.55. The summed E-state index contributed by atoms with van der Waals surface area (Å²) in [4.78, 5) is 0. The van der Waals surface area contributed by atoms with Gasteiger partial charge in [0.2, 0.25) is 0 Å². The molecule has 2 N–H and O–H groups in total. The Balaban J connectivity index is 1.74. The molecule has 5 heteroatoms. The Bertz CT molecular complexity index is 615. The van der Waals surface area contributed by atoms with Crippen LogP contribution in [-0.2, 0) is 0 Å². The van der Waals surface area contributed by atoms with Crippen molar-refractivity contribution in [1.82, 2.24) is 0 Å². The summed E-state index contributed by atoms with van der Waals surface area (Å²) in [7, 11) is 0. The lowest BCUT2D eigenvalue weighted by Gasteiger charge is -2.12. The maximum atomic E-state index is 6.11. The highest BCUT2D eigenvalue weighted by Crippen LogP contribution is 2.25. The maximum absolute atomic E-state index is 6.11. The van der Waals surface area contributed by atoms with Crippen LogP contribution in [0.25, 0.3) is 0 Å². The number of anilines is 2. The van der Waals surface area contributed by atoms with E-state index >= 15 is 0 Å². The summed E-state index contributed by atoms with van der Waals surface area (Å²) in [6, 6.07) is 13.4. The zero-order valence-corrected chi connectivity index (χ0v) is 14.9. The first-order valence-electron chi connectivity index (χ1n) is 7.70. The maximum Gasteiger partial charge on any atom is 0.119 e. The van der Waals surface area contributed by atoms with Gasteiger partial charge >= 0.3 is 0 Å². The van der Waals surface area contributed by atoms with E-state index in [0.29, 0.717) is 16.0 Å². The molecule has 0 aliphatic carbocycles. The molecule has 0 aromatic heterocycles. The Morgan fingerprint density at radius 2 is 1.65 bits per heavy atom. The highest BCUT2D eigenvalue weighted by molar-refractivity contribution is 6.35. The van der Waals surface area contributed by atoms with E-state index in [-0.39, 0.29) is 0 Å². The average molecular weight is 353 g/mol. The Labute approximate surface area is 147 Å². The van der Waals surface area contributed by atoms with Crippen LogP contribution >= 0.6 is 23.2 Å². The average Bonchev–Trinajstić information content (AvgIpc) is 2.53. The standard InChI is InChI=1S/C18H22Cl2N2O/c1-13(2)12-23-16-6-4-15(5-7-16)21-9-10-22-18-11-14(19)3-8-17(18)20/h3-8,11,13,21-22H,9-10,12H2,1-2H3. The van der Waals surface area contributed by atoms with Crippen molar-refractivity contribution in [2.75, 3.05) is 30.3 Å². The molecule has 23 heavy (non-hydrogen) atoms. The first-order chi connectivity index (χ1) is 11.0. The lowest BCUT2D eigenvalue weighted by Crippen LogP contribution is -2.13. The Morgan fingerprint density at radius 1 is 0.957 bits per heavy atom. The zero-order valence-electron chi connectivity index (χ0n) is 13.4. The quantitative estimate of drug-likeness (QED) is 0.610. The largest absolute Gasteiger partial charge is 0.493 e. The second-order valence-corrected chi connectivity index (χ2v) is 6.55. The molecule has 0 saturated heterocycles. The van der Waals surface area contributed by atoms with Gasteiger partial charge < -0.3 is 15.4 Å². The number of hydrogen-bond acceptors (Lipinski definition) is 3. The van der Waals surface area contributed by atoms with E-state index in [2.05, 4.69) is 24.5 Å². The summed E-state index contributed by atoms with van der Waals surface area (Å²) in [5, 5.41) is 7.95. The summed E-state index contributed by atoms with van der Waals surface area (Å²) >= 11 is 12.1. The van der Waals surface area contributed by atoms with Gasteiger partial charge in [-0.2, -0.15) is 0 Å². The molecule has 2 rings (SSSR count). The number of halogens is 2. The van der Waals surface area contributed by atoms with Crippen LogP contribution in [0.1, 0.15) is 13.8 Å². The fourth-order valence-electron chi connectivity index (χ4n) is 1.97. The van der Waals surface area contributed by atoms with Crippen molar-refractivity contribution in [1.29, 1.82) is 0 Å². The Hall–Kier alpha value is -1.58. The molecule has 0 heterocycles. The van der Waals surface area contributed by atoms with E-state index in [0.717, 1.165) is 36.8 Å². The van der Waals surface area contributed by atoms with Crippen molar-refractivity contribution < 1.29 is 4.74 Å². The lowest BCUT2D eigenvalue weighted by molar-refractivity contribution is 0.271. The molecule has 0 spiro atoms. The van der Waals surface area contributed by atoms with Gasteiger partial charge in [0.15, 0.2) is 0 Å². The zero-order chi connectivity index (χ0) is 16.7. The van der Waals surface area contributed by atoms with Crippen LogP contribution in [0.5, 0.6) is 5.75 Å². The first kappa shape index (κ1) is 17.8. The third-order valence-corrected chi connectivity index (χ3v) is 3.70. The van der Waals surface area contributed by atoms with Gasteiger partial charge in [-0.05, 0) is 48.4 Å². The van der Waals surface area contributed by atoms with Gasteiger partial charge in [-0.3, -0.25) is 0 Å². The van der Waals surface area contributed by atoms with Gasteiger partial charge in [-0.1, -0.05) is 37.0 Å². The molecule has 0 fully saturated rings. The van der Waals surface area contributed by atoms with Crippen LogP contribution in [0.3, 0.4) is 0 Å². The third kappa shape index (κ3) is 6.20. The van der Waals surface area contributed by atoms with Crippen molar-refractivity contribution in [3.63, 3.8) is 0 Å². The molecule has 0 saturated carbocycles. The highest BCUT2D eigenvalue weighted by Gasteiger charge is 2.01. The van der Waals surface area contributed by atoms with Crippen molar-refractivity contribution in [2.24, 2.45) is 5.92 Å². The SMILES string of the molecule is CC(C)COc1ccc(NCCNc2cc(Cl)ccc2Cl)cc1. The van der Waals surface area contributed by atoms with Crippen LogP contribution in [0.4, 0.5) is 11.4 Å². The number of benzene rings is 2. The van der Waals surface area contributed by atoms with Gasteiger partial charge in [0.05, 0.1) is 17.3 Å². The van der Waals surface area contributed by atoms with E-state index in [4.69, 9.17) is 27.9 Å². The summed E-state index contributed by atoms with van der Waals surface area (Å²) in [6.45, 7) is 6.52. The molecule has 3 nitrogen and oxygen atoms in total. The second kappa shape index (κ2) is 8.90. The molecular formula is C18H22Cl2N2O. The molecule has 2 aromatic carbocycles. The molecule has 2 aromatic rings. The van der Waals surface area contributed by atoms with Crippen LogP contribution in [0.15, 0.2) is 42.5 Å². The van der Waals surface area contributed by atoms with Crippen molar-refractivity contribution in [2.45, 2.75) is 13.8 Å². The number of ether oxygens (including phenoxy) is 1. The molecule has 0 aliphatic heterocycles. The van der Waals surface area contributed by atoms with Crippen LogP contribution in [-0.4, -0.2) is 19.7 Å².